The molecule has 1 aliphatic rings. The monoisotopic (exact) mass is 316 g/mol. The molecule has 0 bridgehead atoms. The van der Waals surface area contributed by atoms with Crippen LogP contribution >= 0.6 is 0 Å². The third kappa shape index (κ3) is 4.21. The standard InChI is InChI=1S/C16H23F3N2O/c1-2-5-21-6-3-12(4-7-21)20-15(10-22)11-8-13(17)16(19)14(18)9-11/h8-9,12,15,20,22H,2-7,10H2,1H3. The minimum Gasteiger partial charge on any atom is -0.394 e. The molecule has 6 heteroatoms. The van der Waals surface area contributed by atoms with E-state index < -0.39 is 23.5 Å². The minimum atomic E-state index is -1.48. The Morgan fingerprint density at radius 2 is 1.82 bits per heavy atom. The van der Waals surface area contributed by atoms with Crippen LogP contribution in [-0.4, -0.2) is 42.3 Å². The number of nitrogens with one attached hydrogen (secondary N) is 1. The second-order valence-electron chi connectivity index (χ2n) is 5.82. The van der Waals surface area contributed by atoms with Crippen molar-refractivity contribution in [3.05, 3.63) is 35.1 Å². The van der Waals surface area contributed by atoms with Gasteiger partial charge in [0, 0.05) is 6.04 Å². The molecule has 0 aromatic heterocycles. The Hall–Kier alpha value is -1.11. The number of likely N-dealkylation sites (tertiary alicyclic amines) is 1. The van der Waals surface area contributed by atoms with Crippen molar-refractivity contribution in [1.82, 2.24) is 10.2 Å². The maximum absolute atomic E-state index is 13.3. The third-order valence-corrected chi connectivity index (χ3v) is 4.16. The van der Waals surface area contributed by atoms with Gasteiger partial charge in [0.1, 0.15) is 0 Å². The molecule has 0 spiro atoms. The molecule has 22 heavy (non-hydrogen) atoms. The summed E-state index contributed by atoms with van der Waals surface area (Å²) in [4.78, 5) is 2.38. The molecule has 1 heterocycles. The van der Waals surface area contributed by atoms with Gasteiger partial charge < -0.3 is 15.3 Å². The van der Waals surface area contributed by atoms with E-state index in [1.807, 2.05) is 0 Å². The predicted octanol–water partition coefficient (Wildman–Crippen LogP) is 2.60. The van der Waals surface area contributed by atoms with Crippen molar-refractivity contribution in [2.24, 2.45) is 0 Å². The first-order valence-corrected chi connectivity index (χ1v) is 7.78. The highest BCUT2D eigenvalue weighted by Gasteiger charge is 2.23. The van der Waals surface area contributed by atoms with E-state index in [1.54, 1.807) is 0 Å². The normalized spacial score (nSPS) is 18.6. The third-order valence-electron chi connectivity index (χ3n) is 4.16. The first kappa shape index (κ1) is 17.2. The van der Waals surface area contributed by atoms with E-state index in [9.17, 15) is 18.3 Å². The number of piperidine rings is 1. The van der Waals surface area contributed by atoms with Crippen LogP contribution in [0.3, 0.4) is 0 Å². The van der Waals surface area contributed by atoms with Gasteiger partial charge >= 0.3 is 0 Å². The SMILES string of the molecule is CCCN1CCC(NC(CO)c2cc(F)c(F)c(F)c2)CC1. The van der Waals surface area contributed by atoms with Gasteiger partial charge in [-0.05, 0) is 56.6 Å². The van der Waals surface area contributed by atoms with Crippen LogP contribution in [0.1, 0.15) is 37.8 Å². The Balaban J connectivity index is 1.98. The molecule has 2 N–H and O–H groups in total. The lowest BCUT2D eigenvalue weighted by Gasteiger charge is -2.34. The van der Waals surface area contributed by atoms with Gasteiger partial charge in [0.25, 0.3) is 0 Å². The summed E-state index contributed by atoms with van der Waals surface area (Å²) in [6, 6.07) is 1.48. The zero-order valence-electron chi connectivity index (χ0n) is 12.8. The molecule has 1 atom stereocenters. The molecule has 0 radical (unpaired) electrons. The number of hydrogen-bond donors (Lipinski definition) is 2. The molecular weight excluding hydrogens is 293 g/mol. The van der Waals surface area contributed by atoms with Gasteiger partial charge in [0.15, 0.2) is 17.5 Å². The summed E-state index contributed by atoms with van der Waals surface area (Å²) in [5.74, 6) is -3.94. The maximum atomic E-state index is 13.3. The topological polar surface area (TPSA) is 35.5 Å². The predicted molar refractivity (Wildman–Crippen MR) is 79.0 cm³/mol. The number of aliphatic hydroxyl groups is 1. The van der Waals surface area contributed by atoms with Gasteiger partial charge in [-0.1, -0.05) is 6.92 Å². The second kappa shape index (κ2) is 7.94. The number of halogens is 3. The van der Waals surface area contributed by atoms with Crippen LogP contribution in [0.25, 0.3) is 0 Å². The van der Waals surface area contributed by atoms with Gasteiger partial charge in [0.2, 0.25) is 0 Å². The Kier molecular flexibility index (Phi) is 6.23. The van der Waals surface area contributed by atoms with Gasteiger partial charge in [-0.3, -0.25) is 0 Å². The maximum Gasteiger partial charge on any atom is 0.194 e. The molecule has 1 aromatic rings. The summed E-state index contributed by atoms with van der Waals surface area (Å²) in [5.41, 5.74) is 0.231. The van der Waals surface area contributed by atoms with E-state index in [0.717, 1.165) is 51.0 Å². The molecule has 1 saturated heterocycles. The lowest BCUT2D eigenvalue weighted by molar-refractivity contribution is 0.172. The van der Waals surface area contributed by atoms with E-state index in [-0.39, 0.29) is 18.2 Å². The highest BCUT2D eigenvalue weighted by molar-refractivity contribution is 5.23. The van der Waals surface area contributed by atoms with Crippen molar-refractivity contribution < 1.29 is 18.3 Å². The van der Waals surface area contributed by atoms with E-state index >= 15 is 0 Å². The van der Waals surface area contributed by atoms with Gasteiger partial charge in [0.05, 0.1) is 12.6 Å². The summed E-state index contributed by atoms with van der Waals surface area (Å²) >= 11 is 0. The zero-order valence-corrected chi connectivity index (χ0v) is 12.8. The number of benzene rings is 1. The molecule has 0 aliphatic carbocycles. The van der Waals surface area contributed by atoms with E-state index in [1.165, 1.54) is 0 Å². The highest BCUT2D eigenvalue weighted by Crippen LogP contribution is 2.21. The molecule has 0 amide bonds. The number of nitrogens with zero attached hydrogens (tertiary/aromatic N) is 1. The van der Waals surface area contributed by atoms with Crippen molar-refractivity contribution >= 4 is 0 Å². The van der Waals surface area contributed by atoms with Crippen LogP contribution in [0.15, 0.2) is 12.1 Å². The molecule has 1 unspecified atom stereocenters. The lowest BCUT2D eigenvalue weighted by atomic mass is 10.0. The molecule has 124 valence electrons. The van der Waals surface area contributed by atoms with Crippen molar-refractivity contribution in [1.29, 1.82) is 0 Å². The van der Waals surface area contributed by atoms with Crippen LogP contribution in [-0.2, 0) is 0 Å². The van der Waals surface area contributed by atoms with Crippen LogP contribution in [0.2, 0.25) is 0 Å². The fourth-order valence-corrected chi connectivity index (χ4v) is 2.95. The summed E-state index contributed by atoms with van der Waals surface area (Å²) in [7, 11) is 0. The van der Waals surface area contributed by atoms with Crippen LogP contribution in [0, 0.1) is 17.5 Å². The van der Waals surface area contributed by atoms with E-state index in [0.29, 0.717) is 0 Å². The molecular formula is C16H23F3N2O. The molecule has 1 aromatic carbocycles. The molecule has 1 fully saturated rings. The van der Waals surface area contributed by atoms with Gasteiger partial charge in [-0.2, -0.15) is 0 Å². The van der Waals surface area contributed by atoms with E-state index in [2.05, 4.69) is 17.1 Å². The van der Waals surface area contributed by atoms with Crippen molar-refractivity contribution in [2.75, 3.05) is 26.2 Å². The molecule has 2 rings (SSSR count). The first-order valence-electron chi connectivity index (χ1n) is 7.78. The van der Waals surface area contributed by atoms with Crippen LogP contribution < -0.4 is 5.32 Å². The van der Waals surface area contributed by atoms with Gasteiger partial charge in [-0.25, -0.2) is 13.2 Å². The Morgan fingerprint density at radius 3 is 2.32 bits per heavy atom. The average molecular weight is 316 g/mol. The number of aliphatic hydroxyl groups excluding tert-OH is 1. The summed E-state index contributed by atoms with van der Waals surface area (Å²) in [6.07, 6.45) is 2.96. The van der Waals surface area contributed by atoms with Gasteiger partial charge in [-0.15, -0.1) is 0 Å². The fraction of sp³-hybridized carbons (Fsp3) is 0.625. The largest absolute Gasteiger partial charge is 0.394 e. The Labute approximate surface area is 129 Å². The second-order valence-corrected chi connectivity index (χ2v) is 5.82. The lowest BCUT2D eigenvalue weighted by Crippen LogP contribution is -2.44. The van der Waals surface area contributed by atoms with Crippen molar-refractivity contribution in [2.45, 2.75) is 38.3 Å². The van der Waals surface area contributed by atoms with Crippen LogP contribution in [0.4, 0.5) is 13.2 Å². The summed E-state index contributed by atoms with van der Waals surface area (Å²) in [6.45, 7) is 4.86. The Morgan fingerprint density at radius 1 is 1.23 bits per heavy atom. The quantitative estimate of drug-likeness (QED) is 0.792. The fourth-order valence-electron chi connectivity index (χ4n) is 2.95. The molecule has 0 saturated carbocycles. The average Bonchev–Trinajstić information content (AvgIpc) is 2.51. The van der Waals surface area contributed by atoms with Crippen molar-refractivity contribution in [3.8, 4) is 0 Å². The molecule has 3 nitrogen and oxygen atoms in total. The van der Waals surface area contributed by atoms with Crippen LogP contribution in [0.5, 0.6) is 0 Å². The zero-order chi connectivity index (χ0) is 16.1. The smallest absolute Gasteiger partial charge is 0.194 e. The first-order chi connectivity index (χ1) is 10.5. The number of rotatable bonds is 6. The molecule has 1 aliphatic heterocycles. The Bertz CT molecular complexity index is 467. The minimum absolute atomic E-state index is 0.182. The summed E-state index contributed by atoms with van der Waals surface area (Å²) < 4.78 is 39.7. The highest BCUT2D eigenvalue weighted by atomic mass is 19.2. The summed E-state index contributed by atoms with van der Waals surface area (Å²) in [5, 5.41) is 12.7. The van der Waals surface area contributed by atoms with Crippen molar-refractivity contribution in [3.63, 3.8) is 0 Å². The number of hydrogen-bond acceptors (Lipinski definition) is 3. The van der Waals surface area contributed by atoms with E-state index in [4.69, 9.17) is 0 Å².